The van der Waals surface area contributed by atoms with Crippen LogP contribution in [0.4, 0.5) is 0 Å². The average Bonchev–Trinajstić information content (AvgIpc) is 2.85. The van der Waals surface area contributed by atoms with Gasteiger partial charge in [0.1, 0.15) is 5.58 Å². The van der Waals surface area contributed by atoms with Gasteiger partial charge < -0.3 is 9.40 Å². The van der Waals surface area contributed by atoms with Crippen molar-refractivity contribution in [2.24, 2.45) is 0 Å². The second-order valence-corrected chi connectivity index (χ2v) is 4.86. The highest BCUT2D eigenvalue weighted by Gasteiger charge is 2.15. The molecule has 1 N–H and O–H groups in total. The number of benzene rings is 1. The molecule has 4 aromatic rings. The number of furan rings is 1. The van der Waals surface area contributed by atoms with E-state index in [4.69, 9.17) is 4.42 Å². The predicted octanol–water partition coefficient (Wildman–Crippen LogP) is 3.04. The zero-order valence-electron chi connectivity index (χ0n) is 11.3. The molecule has 0 fully saturated rings. The number of fused-ring (bicyclic) bond motifs is 2. The third-order valence-corrected chi connectivity index (χ3v) is 3.57. The van der Waals surface area contributed by atoms with Crippen molar-refractivity contribution in [2.75, 3.05) is 0 Å². The van der Waals surface area contributed by atoms with E-state index in [1.165, 1.54) is 0 Å². The summed E-state index contributed by atoms with van der Waals surface area (Å²) in [6, 6.07) is 9.39. The standard InChI is InChI=1S/C16H11N3O2/c1-9-10-4-2-3-5-13(10)21-14(9)15-18-12-8-17-7-6-11(12)16(20)19-15/h2-8H,1H3,(H,18,19,20). The van der Waals surface area contributed by atoms with Gasteiger partial charge in [0, 0.05) is 17.1 Å². The van der Waals surface area contributed by atoms with Crippen LogP contribution in [0.1, 0.15) is 5.56 Å². The molecule has 0 amide bonds. The van der Waals surface area contributed by atoms with Crippen LogP contribution in [0.25, 0.3) is 33.5 Å². The molecular formula is C16H11N3O2. The Hall–Kier alpha value is -2.95. The van der Waals surface area contributed by atoms with Crippen LogP contribution in [0.2, 0.25) is 0 Å². The Morgan fingerprint density at radius 3 is 2.86 bits per heavy atom. The van der Waals surface area contributed by atoms with Gasteiger partial charge in [0.25, 0.3) is 5.56 Å². The van der Waals surface area contributed by atoms with E-state index in [0.29, 0.717) is 22.5 Å². The topological polar surface area (TPSA) is 71.8 Å². The Morgan fingerprint density at radius 2 is 2.00 bits per heavy atom. The van der Waals surface area contributed by atoms with E-state index in [9.17, 15) is 4.79 Å². The SMILES string of the molecule is Cc1c(-c2nc3cnccc3c(=O)[nH]2)oc2ccccc12. The van der Waals surface area contributed by atoms with Crippen molar-refractivity contribution in [3.63, 3.8) is 0 Å². The lowest BCUT2D eigenvalue weighted by atomic mass is 10.1. The highest BCUT2D eigenvalue weighted by Crippen LogP contribution is 2.30. The van der Waals surface area contributed by atoms with E-state index in [-0.39, 0.29) is 5.56 Å². The van der Waals surface area contributed by atoms with Crippen molar-refractivity contribution >= 4 is 21.9 Å². The molecule has 0 saturated heterocycles. The van der Waals surface area contributed by atoms with Gasteiger partial charge in [-0.1, -0.05) is 18.2 Å². The fraction of sp³-hybridized carbons (Fsp3) is 0.0625. The molecule has 21 heavy (non-hydrogen) atoms. The molecule has 0 unspecified atom stereocenters. The molecule has 0 aliphatic heterocycles. The highest BCUT2D eigenvalue weighted by atomic mass is 16.3. The summed E-state index contributed by atoms with van der Waals surface area (Å²) < 4.78 is 5.84. The number of H-pyrrole nitrogens is 1. The molecule has 4 rings (SSSR count). The Morgan fingerprint density at radius 1 is 1.14 bits per heavy atom. The predicted molar refractivity (Wildman–Crippen MR) is 80.1 cm³/mol. The summed E-state index contributed by atoms with van der Waals surface area (Å²) in [5.74, 6) is 1.01. The van der Waals surface area contributed by atoms with Crippen LogP contribution in [0, 0.1) is 6.92 Å². The molecule has 102 valence electrons. The van der Waals surface area contributed by atoms with Gasteiger partial charge in [0.2, 0.25) is 0 Å². The number of aryl methyl sites for hydroxylation is 1. The first-order chi connectivity index (χ1) is 10.2. The molecule has 0 spiro atoms. The first kappa shape index (κ1) is 11.8. The Bertz CT molecular complexity index is 1030. The quantitative estimate of drug-likeness (QED) is 0.580. The van der Waals surface area contributed by atoms with E-state index in [1.54, 1.807) is 18.5 Å². The summed E-state index contributed by atoms with van der Waals surface area (Å²) in [7, 11) is 0. The van der Waals surface area contributed by atoms with E-state index in [1.807, 2.05) is 31.2 Å². The first-order valence-corrected chi connectivity index (χ1v) is 6.56. The van der Waals surface area contributed by atoms with Crippen molar-refractivity contribution < 1.29 is 4.42 Å². The smallest absolute Gasteiger partial charge is 0.259 e. The monoisotopic (exact) mass is 277 g/mol. The molecule has 0 saturated carbocycles. The summed E-state index contributed by atoms with van der Waals surface area (Å²) in [6.07, 6.45) is 3.15. The molecule has 0 aliphatic carbocycles. The molecule has 0 bridgehead atoms. The number of pyridine rings is 1. The molecule has 3 aromatic heterocycles. The van der Waals surface area contributed by atoms with Gasteiger partial charge in [-0.25, -0.2) is 4.98 Å². The van der Waals surface area contributed by atoms with Gasteiger partial charge in [-0.05, 0) is 19.1 Å². The van der Waals surface area contributed by atoms with E-state index >= 15 is 0 Å². The minimum atomic E-state index is -0.197. The number of para-hydroxylation sites is 1. The summed E-state index contributed by atoms with van der Waals surface area (Å²) in [5, 5.41) is 1.53. The maximum Gasteiger partial charge on any atom is 0.259 e. The summed E-state index contributed by atoms with van der Waals surface area (Å²) in [4.78, 5) is 23.4. The lowest BCUT2D eigenvalue weighted by Gasteiger charge is -2.00. The number of rotatable bonds is 1. The fourth-order valence-corrected chi connectivity index (χ4v) is 2.50. The van der Waals surface area contributed by atoms with Crippen LogP contribution in [-0.2, 0) is 0 Å². The van der Waals surface area contributed by atoms with Crippen LogP contribution in [0.3, 0.4) is 0 Å². The summed E-state index contributed by atoms with van der Waals surface area (Å²) >= 11 is 0. The number of nitrogens with zero attached hydrogens (tertiary/aromatic N) is 2. The summed E-state index contributed by atoms with van der Waals surface area (Å²) in [6.45, 7) is 1.95. The Kier molecular flexibility index (Phi) is 2.41. The van der Waals surface area contributed by atoms with Gasteiger partial charge in [0.05, 0.1) is 17.1 Å². The van der Waals surface area contributed by atoms with Gasteiger partial charge >= 0.3 is 0 Å². The second kappa shape index (κ2) is 4.28. The van der Waals surface area contributed by atoms with Crippen molar-refractivity contribution in [1.82, 2.24) is 15.0 Å². The summed E-state index contributed by atoms with van der Waals surface area (Å²) in [5.41, 5.74) is 2.09. The molecule has 3 heterocycles. The van der Waals surface area contributed by atoms with Gasteiger partial charge in [-0.3, -0.25) is 9.78 Å². The van der Waals surface area contributed by atoms with Gasteiger partial charge in [-0.15, -0.1) is 0 Å². The normalized spacial score (nSPS) is 11.3. The largest absolute Gasteiger partial charge is 0.453 e. The molecule has 0 radical (unpaired) electrons. The van der Waals surface area contributed by atoms with Crippen molar-refractivity contribution in [3.8, 4) is 11.6 Å². The second-order valence-electron chi connectivity index (χ2n) is 4.86. The first-order valence-electron chi connectivity index (χ1n) is 6.56. The fourth-order valence-electron chi connectivity index (χ4n) is 2.50. The minimum absolute atomic E-state index is 0.197. The van der Waals surface area contributed by atoms with Crippen molar-refractivity contribution in [3.05, 3.63) is 58.6 Å². The zero-order chi connectivity index (χ0) is 14.4. The maximum atomic E-state index is 12.1. The van der Waals surface area contributed by atoms with Crippen LogP contribution in [0.15, 0.2) is 51.9 Å². The lowest BCUT2D eigenvalue weighted by molar-refractivity contribution is 0.623. The number of hydrogen-bond acceptors (Lipinski definition) is 4. The van der Waals surface area contributed by atoms with E-state index < -0.39 is 0 Å². The molecule has 5 heteroatoms. The van der Waals surface area contributed by atoms with Crippen LogP contribution < -0.4 is 5.56 Å². The van der Waals surface area contributed by atoms with Crippen LogP contribution in [-0.4, -0.2) is 15.0 Å². The lowest BCUT2D eigenvalue weighted by Crippen LogP contribution is -2.09. The number of nitrogens with one attached hydrogen (secondary N) is 1. The van der Waals surface area contributed by atoms with E-state index in [0.717, 1.165) is 16.5 Å². The van der Waals surface area contributed by atoms with Crippen LogP contribution >= 0.6 is 0 Å². The number of hydrogen-bond donors (Lipinski definition) is 1. The number of aromatic amines is 1. The van der Waals surface area contributed by atoms with E-state index in [2.05, 4.69) is 15.0 Å². The van der Waals surface area contributed by atoms with Crippen LogP contribution in [0.5, 0.6) is 0 Å². The van der Waals surface area contributed by atoms with Crippen molar-refractivity contribution in [2.45, 2.75) is 6.92 Å². The Labute approximate surface area is 119 Å². The third kappa shape index (κ3) is 1.74. The zero-order valence-corrected chi connectivity index (χ0v) is 11.3. The Balaban J connectivity index is 2.04. The minimum Gasteiger partial charge on any atom is -0.453 e. The van der Waals surface area contributed by atoms with Crippen molar-refractivity contribution in [1.29, 1.82) is 0 Å². The third-order valence-electron chi connectivity index (χ3n) is 3.57. The average molecular weight is 277 g/mol. The molecular weight excluding hydrogens is 266 g/mol. The molecule has 0 atom stereocenters. The number of aromatic nitrogens is 3. The molecule has 1 aromatic carbocycles. The maximum absolute atomic E-state index is 12.1. The van der Waals surface area contributed by atoms with Gasteiger partial charge in [0.15, 0.2) is 11.6 Å². The molecule has 0 aliphatic rings. The highest BCUT2D eigenvalue weighted by molar-refractivity contribution is 5.87. The molecule has 5 nitrogen and oxygen atoms in total. The van der Waals surface area contributed by atoms with Gasteiger partial charge in [-0.2, -0.15) is 0 Å².